The molecule has 0 bridgehead atoms. The molecule has 1 N–H and O–H groups in total. The summed E-state index contributed by atoms with van der Waals surface area (Å²) in [6.07, 6.45) is 6.85. The third-order valence-corrected chi connectivity index (χ3v) is 6.42. The van der Waals surface area contributed by atoms with Crippen molar-refractivity contribution in [3.8, 4) is 0 Å². The van der Waals surface area contributed by atoms with Crippen molar-refractivity contribution >= 4 is 28.9 Å². The Hall–Kier alpha value is 1.61. The van der Waals surface area contributed by atoms with E-state index in [9.17, 15) is 4.89 Å². The fraction of sp³-hybridized carbons (Fsp3) is 1.00. The minimum Gasteiger partial charge on any atom is -0.337 e. The second-order valence-electron chi connectivity index (χ2n) is 3.55. The van der Waals surface area contributed by atoms with Gasteiger partial charge in [-0.25, -0.2) is 0 Å². The van der Waals surface area contributed by atoms with Gasteiger partial charge in [0, 0.05) is 26.8 Å². The minimum absolute atomic E-state index is 0. The van der Waals surface area contributed by atoms with Gasteiger partial charge < -0.3 is 9.42 Å². The summed E-state index contributed by atoms with van der Waals surface area (Å²) >= 11 is 6.49. The Morgan fingerprint density at radius 2 is 1.69 bits per heavy atom. The summed E-state index contributed by atoms with van der Waals surface area (Å²) in [7, 11) is 0. The molecule has 0 fully saturated rings. The molecule has 0 rings (SSSR count). The van der Waals surface area contributed by atoms with Crippen LogP contribution in [0.15, 0.2) is 0 Å². The van der Waals surface area contributed by atoms with Crippen LogP contribution in [0.4, 0.5) is 0 Å². The fourth-order valence-electron chi connectivity index (χ4n) is 1.10. The van der Waals surface area contributed by atoms with Gasteiger partial charge >= 0.3 is 0 Å². The Morgan fingerprint density at radius 1 is 1.12 bits per heavy atom. The van der Waals surface area contributed by atoms with E-state index in [2.05, 4.69) is 13.8 Å². The first kappa shape index (κ1) is 19.9. The van der Waals surface area contributed by atoms with Crippen LogP contribution in [0.3, 0.4) is 0 Å². The molecular formula is C10H23MoO2PS2. The van der Waals surface area contributed by atoms with Crippen LogP contribution in [0.1, 0.15) is 52.4 Å². The number of unbranched alkanes of at least 4 members (excludes halogenated alkanes) is 4. The van der Waals surface area contributed by atoms with Gasteiger partial charge in [0.15, 0.2) is 0 Å². The van der Waals surface area contributed by atoms with Gasteiger partial charge in [-0.3, -0.25) is 0 Å². The Balaban J connectivity index is 0. The summed E-state index contributed by atoms with van der Waals surface area (Å²) in [6.45, 7) is 4.93. The van der Waals surface area contributed by atoms with Crippen molar-refractivity contribution < 1.29 is 30.5 Å². The molecule has 1 unspecified atom stereocenters. The maximum Gasteiger partial charge on any atom is 0.244 e. The largest absolute Gasteiger partial charge is 0.337 e. The van der Waals surface area contributed by atoms with E-state index in [1.54, 1.807) is 0 Å². The number of rotatable bonds is 10. The number of hydrogen-bond acceptors (Lipinski definition) is 3. The van der Waals surface area contributed by atoms with Crippen molar-refractivity contribution in [3.63, 3.8) is 0 Å². The van der Waals surface area contributed by atoms with Crippen molar-refractivity contribution in [3.05, 3.63) is 0 Å². The maximum atomic E-state index is 9.78. The summed E-state index contributed by atoms with van der Waals surface area (Å²) in [5.41, 5.74) is -2.52. The molecular weight excluding hydrogens is 343 g/mol. The first-order valence-corrected chi connectivity index (χ1v) is 10.0. The van der Waals surface area contributed by atoms with E-state index in [4.69, 9.17) is 16.3 Å². The summed E-state index contributed by atoms with van der Waals surface area (Å²) < 4.78 is 5.36. The normalized spacial score (nSPS) is 14.2. The molecule has 16 heavy (non-hydrogen) atoms. The van der Waals surface area contributed by atoms with Crippen LogP contribution in [0, 0.1) is 0 Å². The van der Waals surface area contributed by atoms with Crippen LogP contribution >= 0.6 is 17.1 Å². The number of hydrogen-bond donors (Lipinski definition) is 1. The van der Waals surface area contributed by atoms with Crippen molar-refractivity contribution in [2.24, 2.45) is 0 Å². The van der Waals surface area contributed by atoms with E-state index in [1.807, 2.05) is 0 Å². The van der Waals surface area contributed by atoms with E-state index in [-0.39, 0.29) is 21.1 Å². The topological polar surface area (TPSA) is 29.5 Å². The van der Waals surface area contributed by atoms with Gasteiger partial charge in [-0.2, -0.15) is 0 Å². The van der Waals surface area contributed by atoms with E-state index in [1.165, 1.54) is 30.6 Å². The van der Waals surface area contributed by atoms with Gasteiger partial charge in [0.1, 0.15) is 0 Å². The van der Waals surface area contributed by atoms with Gasteiger partial charge in [0.05, 0.1) is 6.61 Å². The molecule has 0 spiro atoms. The Bertz CT molecular complexity index is 178. The molecule has 0 aromatic heterocycles. The maximum absolute atomic E-state index is 9.78. The second-order valence-corrected chi connectivity index (χ2v) is 9.85. The molecule has 0 aliphatic carbocycles. The second kappa shape index (κ2) is 13.0. The van der Waals surface area contributed by atoms with Crippen LogP contribution in [0.2, 0.25) is 0 Å². The molecule has 0 aliphatic heterocycles. The van der Waals surface area contributed by atoms with Gasteiger partial charge in [-0.15, -0.1) is 0 Å². The monoisotopic (exact) mass is 368 g/mol. The van der Waals surface area contributed by atoms with Crippen LogP contribution in [-0.4, -0.2) is 17.3 Å². The first-order chi connectivity index (χ1) is 7.12. The van der Waals surface area contributed by atoms with Crippen molar-refractivity contribution in [1.29, 1.82) is 0 Å². The molecule has 2 nitrogen and oxygen atoms in total. The zero-order valence-corrected chi connectivity index (χ0v) is 14.7. The van der Waals surface area contributed by atoms with Crippen LogP contribution in [0.25, 0.3) is 0 Å². The van der Waals surface area contributed by atoms with E-state index >= 15 is 0 Å². The molecule has 6 heteroatoms. The Labute approximate surface area is 123 Å². The van der Waals surface area contributed by atoms with Gasteiger partial charge in [0.2, 0.25) is 5.69 Å². The molecule has 98 valence electrons. The first-order valence-electron chi connectivity index (χ1n) is 5.74. The SMILES string of the molecule is CCCCCOP(O)(=S)SCCCCC.[Mo]. The van der Waals surface area contributed by atoms with Gasteiger partial charge in [0.25, 0.3) is 0 Å². The third-order valence-electron chi connectivity index (χ3n) is 2.00. The zero-order valence-electron chi connectivity index (χ0n) is 10.2. The Morgan fingerprint density at radius 3 is 2.25 bits per heavy atom. The quantitative estimate of drug-likeness (QED) is 0.354. The van der Waals surface area contributed by atoms with Crippen molar-refractivity contribution in [2.75, 3.05) is 12.4 Å². The molecule has 0 aromatic rings. The predicted molar refractivity (Wildman–Crippen MR) is 74.0 cm³/mol. The zero-order chi connectivity index (χ0) is 11.6. The molecule has 0 aliphatic rings. The predicted octanol–water partition coefficient (Wildman–Crippen LogP) is 4.33. The standard InChI is InChI=1S/C10H23O2PS2.Mo/c1-3-5-7-9-12-13(11,14)15-10-8-6-4-2;/h3-10H2,1-2H3,(H,11,14);. The fourth-order valence-corrected chi connectivity index (χ4v) is 4.52. The summed E-state index contributed by atoms with van der Waals surface area (Å²) in [5.74, 6) is 0.926. The van der Waals surface area contributed by atoms with Crippen LogP contribution in [0.5, 0.6) is 0 Å². The third kappa shape index (κ3) is 13.7. The molecule has 0 amide bonds. The van der Waals surface area contributed by atoms with Gasteiger partial charge in [-0.05, 0) is 24.6 Å². The smallest absolute Gasteiger partial charge is 0.244 e. The van der Waals surface area contributed by atoms with Crippen LogP contribution in [-0.2, 0) is 37.4 Å². The van der Waals surface area contributed by atoms with Crippen molar-refractivity contribution in [2.45, 2.75) is 52.4 Å². The van der Waals surface area contributed by atoms with Gasteiger partial charge in [-0.1, -0.05) is 50.9 Å². The molecule has 0 heterocycles. The summed E-state index contributed by atoms with van der Waals surface area (Å²) in [5, 5.41) is 0. The molecule has 0 saturated carbocycles. The Kier molecular flexibility index (Phi) is 16.3. The van der Waals surface area contributed by atoms with E-state index in [0.29, 0.717) is 6.61 Å². The minimum atomic E-state index is -2.52. The van der Waals surface area contributed by atoms with Crippen molar-refractivity contribution in [1.82, 2.24) is 0 Å². The van der Waals surface area contributed by atoms with E-state index in [0.717, 1.165) is 25.0 Å². The summed E-state index contributed by atoms with van der Waals surface area (Å²) in [6, 6.07) is 0. The average molecular weight is 366 g/mol. The molecule has 1 atom stereocenters. The van der Waals surface area contributed by atoms with Crippen LogP contribution < -0.4 is 0 Å². The molecule has 0 aromatic carbocycles. The summed E-state index contributed by atoms with van der Waals surface area (Å²) in [4.78, 5) is 9.78. The van der Waals surface area contributed by atoms with E-state index < -0.39 is 5.69 Å². The average Bonchev–Trinajstić information content (AvgIpc) is 2.20. The molecule has 0 radical (unpaired) electrons. The molecule has 0 saturated heterocycles.